The Morgan fingerprint density at radius 2 is 2.25 bits per heavy atom. The maximum absolute atomic E-state index is 13.7. The van der Waals surface area contributed by atoms with Crippen LogP contribution in [0.5, 0.6) is 0 Å². The SMILES string of the molecule is Cc1ccc(NC(=O)C(C)Sc2nncn2C)c(F)c1. The van der Waals surface area contributed by atoms with E-state index >= 15 is 0 Å². The molecule has 0 radical (unpaired) electrons. The summed E-state index contributed by atoms with van der Waals surface area (Å²) in [6, 6.07) is 4.69. The predicted octanol–water partition coefficient (Wildman–Crippen LogP) is 2.38. The van der Waals surface area contributed by atoms with E-state index in [2.05, 4.69) is 15.5 Å². The van der Waals surface area contributed by atoms with E-state index in [9.17, 15) is 9.18 Å². The van der Waals surface area contributed by atoms with Gasteiger partial charge in [0.25, 0.3) is 0 Å². The molecular formula is C13H15FN4OS. The first kappa shape index (κ1) is 14.5. The van der Waals surface area contributed by atoms with E-state index < -0.39 is 11.1 Å². The topological polar surface area (TPSA) is 59.8 Å². The van der Waals surface area contributed by atoms with Gasteiger partial charge >= 0.3 is 0 Å². The molecule has 0 aliphatic carbocycles. The minimum atomic E-state index is -0.436. The standard InChI is InChI=1S/C13H15FN4OS/c1-8-4-5-11(10(14)6-8)16-12(19)9(2)20-13-17-15-7-18(13)3/h4-7,9H,1-3H3,(H,16,19). The molecule has 1 aromatic carbocycles. The number of aryl methyl sites for hydroxylation is 2. The highest BCUT2D eigenvalue weighted by atomic mass is 32.2. The number of hydrogen-bond acceptors (Lipinski definition) is 4. The molecule has 1 atom stereocenters. The summed E-state index contributed by atoms with van der Waals surface area (Å²) in [7, 11) is 1.80. The summed E-state index contributed by atoms with van der Waals surface area (Å²) in [4.78, 5) is 12.0. The molecule has 1 unspecified atom stereocenters. The fourth-order valence-electron chi connectivity index (χ4n) is 1.55. The fourth-order valence-corrected chi connectivity index (χ4v) is 2.34. The molecule has 0 fully saturated rings. The summed E-state index contributed by atoms with van der Waals surface area (Å²) in [5.41, 5.74) is 0.994. The lowest BCUT2D eigenvalue weighted by Gasteiger charge is -2.12. The summed E-state index contributed by atoms with van der Waals surface area (Å²) in [6.07, 6.45) is 1.56. The van der Waals surface area contributed by atoms with Crippen LogP contribution >= 0.6 is 11.8 Å². The molecule has 1 N–H and O–H groups in total. The van der Waals surface area contributed by atoms with E-state index in [1.165, 1.54) is 17.8 Å². The number of rotatable bonds is 4. The average Bonchev–Trinajstić information content (AvgIpc) is 2.78. The number of benzene rings is 1. The largest absolute Gasteiger partial charge is 0.323 e. The van der Waals surface area contributed by atoms with Crippen molar-refractivity contribution in [2.24, 2.45) is 7.05 Å². The van der Waals surface area contributed by atoms with Crippen LogP contribution in [0.2, 0.25) is 0 Å². The first-order chi connectivity index (χ1) is 9.47. The Kier molecular flexibility index (Phi) is 4.39. The molecule has 2 aromatic rings. The zero-order valence-electron chi connectivity index (χ0n) is 11.4. The molecule has 0 spiro atoms. The zero-order valence-corrected chi connectivity index (χ0v) is 12.2. The van der Waals surface area contributed by atoms with Gasteiger partial charge < -0.3 is 9.88 Å². The summed E-state index contributed by atoms with van der Waals surface area (Å²) < 4.78 is 15.4. The van der Waals surface area contributed by atoms with Crippen molar-refractivity contribution in [1.29, 1.82) is 0 Å². The summed E-state index contributed by atoms with van der Waals surface area (Å²) in [5.74, 6) is -0.713. The normalized spacial score (nSPS) is 12.2. The molecular weight excluding hydrogens is 279 g/mol. The molecule has 20 heavy (non-hydrogen) atoms. The van der Waals surface area contributed by atoms with E-state index in [1.807, 2.05) is 0 Å². The van der Waals surface area contributed by atoms with E-state index in [-0.39, 0.29) is 11.6 Å². The maximum atomic E-state index is 13.7. The quantitative estimate of drug-likeness (QED) is 0.880. The van der Waals surface area contributed by atoms with Gasteiger partial charge in [-0.05, 0) is 31.5 Å². The minimum Gasteiger partial charge on any atom is -0.323 e. The molecule has 2 rings (SSSR count). The van der Waals surface area contributed by atoms with Gasteiger partial charge in [-0.1, -0.05) is 17.8 Å². The van der Waals surface area contributed by atoms with Crippen molar-refractivity contribution in [3.05, 3.63) is 35.9 Å². The molecule has 1 aromatic heterocycles. The third kappa shape index (κ3) is 3.36. The number of carbonyl (C=O) groups is 1. The molecule has 0 saturated heterocycles. The van der Waals surface area contributed by atoms with Crippen molar-refractivity contribution in [2.45, 2.75) is 24.3 Å². The number of thioether (sulfide) groups is 1. The monoisotopic (exact) mass is 294 g/mol. The van der Waals surface area contributed by atoms with Crippen molar-refractivity contribution >= 4 is 23.4 Å². The Bertz CT molecular complexity index is 629. The average molecular weight is 294 g/mol. The van der Waals surface area contributed by atoms with Crippen LogP contribution in [0.15, 0.2) is 29.7 Å². The van der Waals surface area contributed by atoms with Gasteiger partial charge in [-0.3, -0.25) is 4.79 Å². The van der Waals surface area contributed by atoms with Crippen LogP contribution in [0.1, 0.15) is 12.5 Å². The summed E-state index contributed by atoms with van der Waals surface area (Å²) in [5, 5.41) is 10.4. The lowest BCUT2D eigenvalue weighted by molar-refractivity contribution is -0.115. The van der Waals surface area contributed by atoms with Crippen LogP contribution in [-0.2, 0) is 11.8 Å². The van der Waals surface area contributed by atoms with Gasteiger partial charge in [0.05, 0.1) is 10.9 Å². The van der Waals surface area contributed by atoms with E-state index in [4.69, 9.17) is 0 Å². The Labute approximate surface area is 120 Å². The highest BCUT2D eigenvalue weighted by Gasteiger charge is 2.18. The summed E-state index contributed by atoms with van der Waals surface area (Å²) >= 11 is 1.27. The Morgan fingerprint density at radius 1 is 1.50 bits per heavy atom. The van der Waals surface area contributed by atoms with Crippen LogP contribution in [0, 0.1) is 12.7 Å². The van der Waals surface area contributed by atoms with Crippen LogP contribution in [0.25, 0.3) is 0 Å². The second-order valence-electron chi connectivity index (χ2n) is 4.46. The van der Waals surface area contributed by atoms with Gasteiger partial charge in [-0.2, -0.15) is 0 Å². The lowest BCUT2D eigenvalue weighted by atomic mass is 10.2. The minimum absolute atomic E-state index is 0.186. The Morgan fingerprint density at radius 3 is 2.85 bits per heavy atom. The molecule has 106 valence electrons. The van der Waals surface area contributed by atoms with Gasteiger partial charge in [-0.25, -0.2) is 4.39 Å². The first-order valence-electron chi connectivity index (χ1n) is 6.05. The number of carbonyl (C=O) groups excluding carboxylic acids is 1. The second-order valence-corrected chi connectivity index (χ2v) is 5.77. The second kappa shape index (κ2) is 6.04. The first-order valence-corrected chi connectivity index (χ1v) is 6.93. The van der Waals surface area contributed by atoms with Gasteiger partial charge in [0.15, 0.2) is 5.16 Å². The van der Waals surface area contributed by atoms with Crippen molar-refractivity contribution in [3.63, 3.8) is 0 Å². The molecule has 5 nitrogen and oxygen atoms in total. The number of amides is 1. The number of nitrogens with one attached hydrogen (secondary N) is 1. The predicted molar refractivity (Wildman–Crippen MR) is 76.1 cm³/mol. The van der Waals surface area contributed by atoms with Gasteiger partial charge in [0, 0.05) is 7.05 Å². The maximum Gasteiger partial charge on any atom is 0.237 e. The molecule has 0 bridgehead atoms. The third-order valence-corrected chi connectivity index (χ3v) is 3.85. The smallest absolute Gasteiger partial charge is 0.237 e. The summed E-state index contributed by atoms with van der Waals surface area (Å²) in [6.45, 7) is 3.53. The molecule has 1 amide bonds. The van der Waals surface area contributed by atoms with Crippen LogP contribution in [0.3, 0.4) is 0 Å². The van der Waals surface area contributed by atoms with E-state index in [0.717, 1.165) is 5.56 Å². The number of nitrogens with zero attached hydrogens (tertiary/aromatic N) is 3. The van der Waals surface area contributed by atoms with E-state index in [0.29, 0.717) is 5.16 Å². The van der Waals surface area contributed by atoms with E-state index in [1.54, 1.807) is 43.9 Å². The highest BCUT2D eigenvalue weighted by molar-refractivity contribution is 8.00. The Hall–Kier alpha value is -1.89. The lowest BCUT2D eigenvalue weighted by Crippen LogP contribution is -2.23. The van der Waals surface area contributed by atoms with Crippen LogP contribution < -0.4 is 5.32 Å². The number of aromatic nitrogens is 3. The fraction of sp³-hybridized carbons (Fsp3) is 0.308. The van der Waals surface area contributed by atoms with Crippen molar-refractivity contribution in [2.75, 3.05) is 5.32 Å². The molecule has 1 heterocycles. The number of hydrogen-bond donors (Lipinski definition) is 1. The third-order valence-electron chi connectivity index (χ3n) is 2.70. The molecule has 0 saturated carbocycles. The van der Waals surface area contributed by atoms with Gasteiger partial charge in [0.1, 0.15) is 12.1 Å². The zero-order chi connectivity index (χ0) is 14.7. The van der Waals surface area contributed by atoms with Gasteiger partial charge in [-0.15, -0.1) is 10.2 Å². The number of halogens is 1. The highest BCUT2D eigenvalue weighted by Crippen LogP contribution is 2.22. The molecule has 0 aliphatic rings. The van der Waals surface area contributed by atoms with Gasteiger partial charge in [0.2, 0.25) is 5.91 Å². The van der Waals surface area contributed by atoms with Crippen molar-refractivity contribution < 1.29 is 9.18 Å². The van der Waals surface area contributed by atoms with Crippen molar-refractivity contribution in [1.82, 2.24) is 14.8 Å². The molecule has 7 heteroatoms. The van der Waals surface area contributed by atoms with Crippen LogP contribution in [0.4, 0.5) is 10.1 Å². The number of anilines is 1. The Balaban J connectivity index is 2.02. The molecule has 0 aliphatic heterocycles. The van der Waals surface area contributed by atoms with Crippen LogP contribution in [-0.4, -0.2) is 25.9 Å². The van der Waals surface area contributed by atoms with Crippen molar-refractivity contribution in [3.8, 4) is 0 Å².